The zero-order valence-corrected chi connectivity index (χ0v) is 18.0. The topological polar surface area (TPSA) is 90.0 Å². The Kier molecular flexibility index (Phi) is 4.95. The number of nitrogens with one attached hydrogen (secondary N) is 1. The van der Waals surface area contributed by atoms with Crippen LogP contribution in [-0.4, -0.2) is 72.8 Å². The number of nitrogens with zero attached hydrogens (tertiary/aromatic N) is 3. The molecule has 1 aromatic carbocycles. The molecule has 0 bridgehead atoms. The summed E-state index contributed by atoms with van der Waals surface area (Å²) in [5, 5.41) is 2.85. The van der Waals surface area contributed by atoms with Crippen LogP contribution in [0.3, 0.4) is 0 Å². The van der Waals surface area contributed by atoms with Gasteiger partial charge in [-0.2, -0.15) is 4.31 Å². The molecule has 3 aliphatic rings. The van der Waals surface area contributed by atoms with E-state index in [0.29, 0.717) is 31.1 Å². The smallest absolute Gasteiger partial charge is 0.323 e. The fourth-order valence-corrected chi connectivity index (χ4v) is 5.95. The molecule has 1 aliphatic carbocycles. The molecule has 0 aromatic heterocycles. The van der Waals surface area contributed by atoms with E-state index >= 15 is 0 Å². The number of hydrogen-bond acceptors (Lipinski definition) is 5. The standard InChI is InChI=1S/C20H28N4O4S/c1-14-4-7-17(15(2)12-14)29(27,28)23-10-8-22(9-11-23)13-24-18(25)20(3,16-5-6-16)21-19(24)26/h4,7,12,16H,5-6,8-11,13H2,1-3H3,(H,21,26)/t20-/m0/s1. The van der Waals surface area contributed by atoms with Crippen molar-refractivity contribution in [2.24, 2.45) is 5.92 Å². The molecule has 2 aliphatic heterocycles. The van der Waals surface area contributed by atoms with E-state index in [-0.39, 0.29) is 24.5 Å². The Morgan fingerprint density at radius 1 is 1.10 bits per heavy atom. The molecule has 1 atom stereocenters. The first-order valence-electron chi connectivity index (χ1n) is 10.1. The lowest BCUT2D eigenvalue weighted by Gasteiger charge is -2.35. The predicted molar refractivity (Wildman–Crippen MR) is 108 cm³/mol. The normalized spacial score (nSPS) is 26.8. The minimum atomic E-state index is -3.56. The highest BCUT2D eigenvalue weighted by Gasteiger charge is 2.56. The fourth-order valence-electron chi connectivity index (χ4n) is 4.32. The van der Waals surface area contributed by atoms with Gasteiger partial charge in [-0.25, -0.2) is 18.1 Å². The van der Waals surface area contributed by atoms with Crippen LogP contribution in [0, 0.1) is 19.8 Å². The average Bonchev–Trinajstić information content (AvgIpc) is 3.48. The van der Waals surface area contributed by atoms with E-state index in [1.54, 1.807) is 13.0 Å². The Hall–Kier alpha value is -1.97. The van der Waals surface area contributed by atoms with Gasteiger partial charge in [-0.15, -0.1) is 0 Å². The molecule has 3 amide bonds. The fraction of sp³-hybridized carbons (Fsp3) is 0.600. The van der Waals surface area contributed by atoms with Gasteiger partial charge < -0.3 is 5.32 Å². The largest absolute Gasteiger partial charge is 0.326 e. The Morgan fingerprint density at radius 2 is 1.76 bits per heavy atom. The highest BCUT2D eigenvalue weighted by atomic mass is 32.2. The summed E-state index contributed by atoms with van der Waals surface area (Å²) in [4.78, 5) is 28.7. The summed E-state index contributed by atoms with van der Waals surface area (Å²) in [5.74, 6) is 0.0546. The molecule has 0 spiro atoms. The third kappa shape index (κ3) is 3.55. The number of urea groups is 1. The summed E-state index contributed by atoms with van der Waals surface area (Å²) in [6.45, 7) is 7.36. The van der Waals surface area contributed by atoms with Crippen molar-refractivity contribution in [1.82, 2.24) is 19.4 Å². The number of carbonyl (C=O) groups excluding carboxylic acids is 2. The van der Waals surface area contributed by atoms with Crippen LogP contribution in [0.4, 0.5) is 4.79 Å². The van der Waals surface area contributed by atoms with E-state index < -0.39 is 15.6 Å². The second-order valence-corrected chi connectivity index (χ2v) is 10.5. The Bertz CT molecular complexity index is 951. The van der Waals surface area contributed by atoms with E-state index in [9.17, 15) is 18.0 Å². The quantitative estimate of drug-likeness (QED) is 0.725. The number of piperazine rings is 1. The van der Waals surface area contributed by atoms with Crippen molar-refractivity contribution in [2.75, 3.05) is 32.8 Å². The van der Waals surface area contributed by atoms with Gasteiger partial charge in [0.1, 0.15) is 5.54 Å². The molecular formula is C20H28N4O4S. The first-order chi connectivity index (χ1) is 13.6. The molecule has 1 aromatic rings. The van der Waals surface area contributed by atoms with Crippen LogP contribution < -0.4 is 5.32 Å². The molecule has 2 heterocycles. The Balaban J connectivity index is 1.39. The van der Waals surface area contributed by atoms with Crippen LogP contribution in [0.15, 0.2) is 23.1 Å². The number of imide groups is 1. The van der Waals surface area contributed by atoms with E-state index in [1.165, 1.54) is 9.21 Å². The van der Waals surface area contributed by atoms with E-state index in [0.717, 1.165) is 24.0 Å². The minimum Gasteiger partial charge on any atom is -0.323 e. The minimum absolute atomic E-state index is 0.171. The van der Waals surface area contributed by atoms with Crippen molar-refractivity contribution in [3.63, 3.8) is 0 Å². The molecule has 8 nitrogen and oxygen atoms in total. The van der Waals surface area contributed by atoms with Crippen LogP contribution in [-0.2, 0) is 14.8 Å². The maximum atomic E-state index is 13.0. The Labute approximate surface area is 171 Å². The zero-order valence-electron chi connectivity index (χ0n) is 17.1. The number of sulfonamides is 1. The maximum Gasteiger partial charge on any atom is 0.326 e. The highest BCUT2D eigenvalue weighted by molar-refractivity contribution is 7.89. The van der Waals surface area contributed by atoms with Crippen LogP contribution in [0.25, 0.3) is 0 Å². The first-order valence-corrected chi connectivity index (χ1v) is 11.5. The zero-order chi connectivity index (χ0) is 21.0. The van der Waals surface area contributed by atoms with Gasteiger partial charge in [-0.1, -0.05) is 17.7 Å². The number of hydrogen-bond donors (Lipinski definition) is 1. The van der Waals surface area contributed by atoms with Gasteiger partial charge in [-0.3, -0.25) is 9.69 Å². The molecular weight excluding hydrogens is 392 g/mol. The van der Waals surface area contributed by atoms with Gasteiger partial charge in [0.2, 0.25) is 10.0 Å². The number of rotatable bonds is 5. The molecule has 4 rings (SSSR count). The summed E-state index contributed by atoms with van der Waals surface area (Å²) >= 11 is 0. The van der Waals surface area contributed by atoms with Crippen LogP contribution >= 0.6 is 0 Å². The van der Waals surface area contributed by atoms with Crippen molar-refractivity contribution in [2.45, 2.75) is 44.0 Å². The summed E-state index contributed by atoms with van der Waals surface area (Å²) in [6, 6.07) is 5.00. The number of amides is 3. The summed E-state index contributed by atoms with van der Waals surface area (Å²) in [6.07, 6.45) is 1.93. The highest BCUT2D eigenvalue weighted by Crippen LogP contribution is 2.42. The van der Waals surface area contributed by atoms with E-state index in [4.69, 9.17) is 0 Å². The number of benzene rings is 1. The molecule has 0 radical (unpaired) electrons. The van der Waals surface area contributed by atoms with Gasteiger partial charge in [0, 0.05) is 26.2 Å². The van der Waals surface area contributed by atoms with Crippen molar-refractivity contribution in [1.29, 1.82) is 0 Å². The van der Waals surface area contributed by atoms with Crippen LogP contribution in [0.1, 0.15) is 30.9 Å². The van der Waals surface area contributed by atoms with E-state index in [2.05, 4.69) is 5.32 Å². The van der Waals surface area contributed by atoms with Gasteiger partial charge in [-0.05, 0) is 51.2 Å². The lowest BCUT2D eigenvalue weighted by molar-refractivity contribution is -0.133. The average molecular weight is 421 g/mol. The predicted octanol–water partition coefficient (Wildman–Crippen LogP) is 1.29. The monoisotopic (exact) mass is 420 g/mol. The van der Waals surface area contributed by atoms with Gasteiger partial charge in [0.15, 0.2) is 0 Å². The number of carbonyl (C=O) groups is 2. The SMILES string of the molecule is Cc1ccc(S(=O)(=O)N2CCN(CN3C(=O)N[C@@](C)(C4CC4)C3=O)CC2)c(C)c1. The maximum absolute atomic E-state index is 13.0. The second kappa shape index (κ2) is 7.07. The van der Waals surface area contributed by atoms with Crippen LogP contribution in [0.5, 0.6) is 0 Å². The van der Waals surface area contributed by atoms with Gasteiger partial charge in [0.05, 0.1) is 11.6 Å². The van der Waals surface area contributed by atoms with Crippen molar-refractivity contribution < 1.29 is 18.0 Å². The van der Waals surface area contributed by atoms with Crippen molar-refractivity contribution >= 4 is 22.0 Å². The van der Waals surface area contributed by atoms with Gasteiger partial charge >= 0.3 is 6.03 Å². The molecule has 0 unspecified atom stereocenters. The lowest BCUT2D eigenvalue weighted by Crippen LogP contribution is -2.53. The van der Waals surface area contributed by atoms with Gasteiger partial charge in [0.25, 0.3) is 5.91 Å². The van der Waals surface area contributed by atoms with E-state index in [1.807, 2.05) is 30.9 Å². The molecule has 9 heteroatoms. The van der Waals surface area contributed by atoms with Crippen molar-refractivity contribution in [3.8, 4) is 0 Å². The molecule has 158 valence electrons. The molecule has 1 N–H and O–H groups in total. The third-order valence-electron chi connectivity index (χ3n) is 6.32. The number of aryl methyl sites for hydroxylation is 2. The summed E-state index contributed by atoms with van der Waals surface area (Å²) in [5.41, 5.74) is 0.981. The third-order valence-corrected chi connectivity index (χ3v) is 8.37. The lowest BCUT2D eigenvalue weighted by atomic mass is 9.96. The Morgan fingerprint density at radius 3 is 2.34 bits per heavy atom. The second-order valence-electron chi connectivity index (χ2n) is 8.57. The summed E-state index contributed by atoms with van der Waals surface area (Å²) in [7, 11) is -3.56. The molecule has 29 heavy (non-hydrogen) atoms. The first kappa shape index (κ1) is 20.3. The molecule has 2 saturated heterocycles. The summed E-state index contributed by atoms with van der Waals surface area (Å²) < 4.78 is 27.5. The van der Waals surface area contributed by atoms with Crippen molar-refractivity contribution in [3.05, 3.63) is 29.3 Å². The van der Waals surface area contributed by atoms with Crippen LogP contribution in [0.2, 0.25) is 0 Å². The molecule has 3 fully saturated rings. The molecule has 1 saturated carbocycles.